The zero-order valence-corrected chi connectivity index (χ0v) is 10.9. The van der Waals surface area contributed by atoms with Crippen LogP contribution in [-0.2, 0) is 6.54 Å². The van der Waals surface area contributed by atoms with E-state index in [0.29, 0.717) is 11.5 Å². The van der Waals surface area contributed by atoms with E-state index in [0.717, 1.165) is 25.1 Å². The van der Waals surface area contributed by atoms with Gasteiger partial charge >= 0.3 is 7.12 Å². The summed E-state index contributed by atoms with van der Waals surface area (Å²) in [5.41, 5.74) is 1.60. The maximum atomic E-state index is 9.32. The van der Waals surface area contributed by atoms with Crippen LogP contribution in [0.25, 0.3) is 0 Å². The zero-order valence-electron chi connectivity index (χ0n) is 10.9. The van der Waals surface area contributed by atoms with E-state index < -0.39 is 7.12 Å². The molecule has 94 valence electrons. The van der Waals surface area contributed by atoms with Gasteiger partial charge in [-0.1, -0.05) is 38.1 Å². The van der Waals surface area contributed by atoms with Gasteiger partial charge in [0, 0.05) is 12.6 Å². The Morgan fingerprint density at radius 1 is 1.24 bits per heavy atom. The molecule has 0 amide bonds. The predicted molar refractivity (Wildman–Crippen MR) is 72.1 cm³/mol. The second-order valence-electron chi connectivity index (χ2n) is 4.39. The molecule has 0 bridgehead atoms. The van der Waals surface area contributed by atoms with Crippen molar-refractivity contribution in [1.29, 1.82) is 0 Å². The second kappa shape index (κ2) is 6.79. The van der Waals surface area contributed by atoms with E-state index in [-0.39, 0.29) is 0 Å². The molecule has 3 nitrogen and oxygen atoms in total. The Balaban J connectivity index is 2.85. The Morgan fingerprint density at radius 2 is 1.88 bits per heavy atom. The van der Waals surface area contributed by atoms with E-state index >= 15 is 0 Å². The van der Waals surface area contributed by atoms with E-state index in [4.69, 9.17) is 0 Å². The Kier molecular flexibility index (Phi) is 5.68. The highest BCUT2D eigenvalue weighted by atomic mass is 16.4. The van der Waals surface area contributed by atoms with Crippen molar-refractivity contribution in [3.05, 3.63) is 29.8 Å². The highest BCUT2D eigenvalue weighted by molar-refractivity contribution is 6.59. The lowest BCUT2D eigenvalue weighted by Gasteiger charge is -2.27. The summed E-state index contributed by atoms with van der Waals surface area (Å²) < 4.78 is 0. The van der Waals surface area contributed by atoms with Gasteiger partial charge in [0.15, 0.2) is 0 Å². The van der Waals surface area contributed by atoms with Gasteiger partial charge in [0.25, 0.3) is 0 Å². The molecule has 1 aromatic carbocycles. The molecule has 0 heterocycles. The van der Waals surface area contributed by atoms with Crippen molar-refractivity contribution in [3.8, 4) is 0 Å². The molecule has 0 aliphatic rings. The van der Waals surface area contributed by atoms with Gasteiger partial charge in [-0.15, -0.1) is 0 Å². The van der Waals surface area contributed by atoms with Crippen molar-refractivity contribution >= 4 is 12.6 Å². The third-order valence-corrected chi connectivity index (χ3v) is 3.33. The average molecular weight is 235 g/mol. The van der Waals surface area contributed by atoms with Crippen LogP contribution in [0.3, 0.4) is 0 Å². The summed E-state index contributed by atoms with van der Waals surface area (Å²) in [6.45, 7) is 8.22. The van der Waals surface area contributed by atoms with Gasteiger partial charge in [-0.25, -0.2) is 0 Å². The van der Waals surface area contributed by atoms with Crippen molar-refractivity contribution in [3.63, 3.8) is 0 Å². The van der Waals surface area contributed by atoms with Gasteiger partial charge < -0.3 is 10.0 Å². The summed E-state index contributed by atoms with van der Waals surface area (Å²) in [7, 11) is -1.39. The molecule has 1 rings (SSSR count). The molecule has 0 aliphatic heterocycles. The molecular weight excluding hydrogens is 213 g/mol. The maximum Gasteiger partial charge on any atom is 0.488 e. The van der Waals surface area contributed by atoms with Crippen LogP contribution < -0.4 is 5.46 Å². The normalized spacial score (nSPS) is 12.8. The van der Waals surface area contributed by atoms with E-state index in [1.165, 1.54) is 0 Å². The third kappa shape index (κ3) is 3.84. The molecule has 0 aliphatic carbocycles. The quantitative estimate of drug-likeness (QED) is 0.722. The third-order valence-electron chi connectivity index (χ3n) is 3.33. The van der Waals surface area contributed by atoms with Crippen LogP contribution in [0, 0.1) is 0 Å². The fraction of sp³-hybridized carbons (Fsp3) is 0.538. The average Bonchev–Trinajstić information content (AvgIpc) is 2.35. The van der Waals surface area contributed by atoms with Gasteiger partial charge in [-0.05, 0) is 30.9 Å². The molecule has 0 aromatic heterocycles. The smallest absolute Gasteiger partial charge is 0.423 e. The minimum absolute atomic E-state index is 0.504. The minimum atomic E-state index is -1.39. The zero-order chi connectivity index (χ0) is 12.8. The number of benzene rings is 1. The Morgan fingerprint density at radius 3 is 2.41 bits per heavy atom. The summed E-state index contributed by atoms with van der Waals surface area (Å²) in [6.07, 6.45) is 1.09. The van der Waals surface area contributed by atoms with Crippen LogP contribution in [0.1, 0.15) is 32.8 Å². The van der Waals surface area contributed by atoms with Crippen molar-refractivity contribution in [2.75, 3.05) is 6.54 Å². The maximum absolute atomic E-state index is 9.32. The molecule has 2 N–H and O–H groups in total. The van der Waals surface area contributed by atoms with Crippen LogP contribution in [0.5, 0.6) is 0 Å². The minimum Gasteiger partial charge on any atom is -0.423 e. The second-order valence-corrected chi connectivity index (χ2v) is 4.39. The van der Waals surface area contributed by atoms with Crippen molar-refractivity contribution in [2.24, 2.45) is 0 Å². The Labute approximate surface area is 104 Å². The summed E-state index contributed by atoms with van der Waals surface area (Å²) in [5.74, 6) is 0. The number of nitrogens with zero attached hydrogens (tertiary/aromatic N) is 1. The first kappa shape index (κ1) is 14.2. The van der Waals surface area contributed by atoms with E-state index in [1.54, 1.807) is 6.07 Å². The van der Waals surface area contributed by atoms with Gasteiger partial charge in [-0.3, -0.25) is 4.90 Å². The first-order chi connectivity index (χ1) is 8.10. The Bertz CT molecular complexity index is 344. The van der Waals surface area contributed by atoms with Crippen molar-refractivity contribution in [2.45, 2.75) is 39.8 Å². The molecule has 1 atom stereocenters. The standard InChI is InChI=1S/C13H22BNO2/c1-4-11(3)15(5-2)10-12-8-6-7-9-13(12)14(16)17/h6-9,11,16-17H,4-5,10H2,1-3H3. The molecule has 0 saturated heterocycles. The molecule has 0 fully saturated rings. The number of hydrogen-bond acceptors (Lipinski definition) is 3. The van der Waals surface area contributed by atoms with E-state index in [9.17, 15) is 10.0 Å². The van der Waals surface area contributed by atoms with E-state index in [2.05, 4.69) is 25.7 Å². The Hall–Kier alpha value is -0.835. The van der Waals surface area contributed by atoms with Crippen LogP contribution in [0.4, 0.5) is 0 Å². The van der Waals surface area contributed by atoms with Crippen LogP contribution in [0.2, 0.25) is 0 Å². The number of rotatable bonds is 6. The summed E-state index contributed by atoms with van der Waals surface area (Å²) >= 11 is 0. The molecule has 1 aromatic rings. The van der Waals surface area contributed by atoms with Crippen LogP contribution in [-0.4, -0.2) is 34.7 Å². The molecule has 0 radical (unpaired) electrons. The fourth-order valence-corrected chi connectivity index (χ4v) is 1.99. The largest absolute Gasteiger partial charge is 0.488 e. The first-order valence-corrected chi connectivity index (χ1v) is 6.28. The fourth-order valence-electron chi connectivity index (χ4n) is 1.99. The summed E-state index contributed by atoms with van der Waals surface area (Å²) in [6, 6.07) is 8.00. The molecule has 4 heteroatoms. The van der Waals surface area contributed by atoms with Crippen molar-refractivity contribution in [1.82, 2.24) is 4.90 Å². The molecule has 0 spiro atoms. The van der Waals surface area contributed by atoms with Crippen molar-refractivity contribution < 1.29 is 10.0 Å². The number of hydrogen-bond donors (Lipinski definition) is 2. The highest BCUT2D eigenvalue weighted by Gasteiger charge is 2.18. The molecule has 0 saturated carbocycles. The summed E-state index contributed by atoms with van der Waals surface area (Å²) in [5, 5.41) is 18.6. The first-order valence-electron chi connectivity index (χ1n) is 6.28. The summed E-state index contributed by atoms with van der Waals surface area (Å²) in [4.78, 5) is 2.33. The van der Waals surface area contributed by atoms with Crippen LogP contribution in [0.15, 0.2) is 24.3 Å². The lowest BCUT2D eigenvalue weighted by molar-refractivity contribution is 0.206. The SMILES string of the molecule is CCC(C)N(CC)Cc1ccccc1B(O)O. The highest BCUT2D eigenvalue weighted by Crippen LogP contribution is 2.09. The monoisotopic (exact) mass is 235 g/mol. The molecule has 17 heavy (non-hydrogen) atoms. The molecular formula is C13H22BNO2. The van der Waals surface area contributed by atoms with Gasteiger partial charge in [-0.2, -0.15) is 0 Å². The lowest BCUT2D eigenvalue weighted by atomic mass is 9.77. The lowest BCUT2D eigenvalue weighted by Crippen LogP contribution is -2.38. The van der Waals surface area contributed by atoms with Crippen LogP contribution >= 0.6 is 0 Å². The topological polar surface area (TPSA) is 43.7 Å². The van der Waals surface area contributed by atoms with Gasteiger partial charge in [0.2, 0.25) is 0 Å². The van der Waals surface area contributed by atoms with Gasteiger partial charge in [0.1, 0.15) is 0 Å². The predicted octanol–water partition coefficient (Wildman–Crippen LogP) is 0.987. The van der Waals surface area contributed by atoms with Gasteiger partial charge in [0.05, 0.1) is 0 Å². The molecule has 1 unspecified atom stereocenters. The van der Waals surface area contributed by atoms with E-state index in [1.807, 2.05) is 18.2 Å².